The predicted molar refractivity (Wildman–Crippen MR) is 73.2 cm³/mol. The molecule has 0 saturated carbocycles. The summed E-state index contributed by atoms with van der Waals surface area (Å²) in [5.74, 6) is 0.356. The first-order chi connectivity index (χ1) is 8.22. The molecule has 92 valence electrons. The molecule has 0 spiro atoms. The fraction of sp³-hybridized carbons (Fsp3) is 0.438. The minimum atomic E-state index is 0.356. The molecule has 0 N–H and O–H groups in total. The van der Waals surface area contributed by atoms with Crippen LogP contribution in [-0.2, 0) is 11.2 Å². The van der Waals surface area contributed by atoms with E-state index in [4.69, 9.17) is 0 Å². The summed E-state index contributed by atoms with van der Waals surface area (Å²) >= 11 is 0. The number of unbranched alkanes of at least 4 members (excludes halogenated alkanes) is 3. The third-order valence-corrected chi connectivity index (χ3v) is 2.85. The lowest BCUT2D eigenvalue weighted by Gasteiger charge is -2.02. The van der Waals surface area contributed by atoms with Crippen molar-refractivity contribution in [3.05, 3.63) is 48.0 Å². The fourth-order valence-corrected chi connectivity index (χ4v) is 1.93. The Balaban J connectivity index is 2.23. The molecule has 1 heteroatoms. The highest BCUT2D eigenvalue weighted by Crippen LogP contribution is 2.09. The van der Waals surface area contributed by atoms with Gasteiger partial charge in [0.05, 0.1) is 0 Å². The number of hydrogen-bond acceptors (Lipinski definition) is 1. The molecule has 1 nitrogen and oxygen atoms in total. The molecule has 17 heavy (non-hydrogen) atoms. The van der Waals surface area contributed by atoms with Crippen molar-refractivity contribution in [2.45, 2.75) is 45.4 Å². The Morgan fingerprint density at radius 2 is 2.12 bits per heavy atom. The molecule has 0 radical (unpaired) electrons. The van der Waals surface area contributed by atoms with Crippen molar-refractivity contribution in [3.8, 4) is 0 Å². The van der Waals surface area contributed by atoms with Gasteiger partial charge in [-0.25, -0.2) is 0 Å². The second-order valence-electron chi connectivity index (χ2n) is 4.59. The summed E-state index contributed by atoms with van der Waals surface area (Å²) < 4.78 is 0. The quantitative estimate of drug-likeness (QED) is 0.482. The second-order valence-corrected chi connectivity index (χ2v) is 4.59. The lowest BCUT2D eigenvalue weighted by molar-refractivity contribution is -0.118. The lowest BCUT2D eigenvalue weighted by atomic mass is 10.0. The van der Waals surface area contributed by atoms with E-state index in [-0.39, 0.29) is 0 Å². The van der Waals surface area contributed by atoms with E-state index in [2.05, 4.69) is 25.6 Å². The number of benzene rings is 1. The van der Waals surface area contributed by atoms with Gasteiger partial charge >= 0.3 is 0 Å². The largest absolute Gasteiger partial charge is 0.299 e. The smallest absolute Gasteiger partial charge is 0.137 e. The van der Waals surface area contributed by atoms with Gasteiger partial charge in [0.1, 0.15) is 5.78 Å². The molecule has 0 saturated heterocycles. The van der Waals surface area contributed by atoms with E-state index in [1.807, 2.05) is 18.2 Å². The van der Waals surface area contributed by atoms with E-state index in [0.29, 0.717) is 18.6 Å². The van der Waals surface area contributed by atoms with Crippen molar-refractivity contribution in [1.82, 2.24) is 0 Å². The first-order valence-corrected chi connectivity index (χ1v) is 6.40. The minimum absolute atomic E-state index is 0.356. The van der Waals surface area contributed by atoms with Crippen molar-refractivity contribution in [2.24, 2.45) is 0 Å². The van der Waals surface area contributed by atoms with Gasteiger partial charge in [-0.05, 0) is 31.7 Å². The van der Waals surface area contributed by atoms with Gasteiger partial charge in [0.15, 0.2) is 0 Å². The van der Waals surface area contributed by atoms with Crippen molar-refractivity contribution in [1.29, 1.82) is 0 Å². The summed E-state index contributed by atoms with van der Waals surface area (Å²) in [5, 5.41) is 0. The number of rotatable bonds is 8. The molecule has 0 unspecified atom stereocenters. The normalized spacial score (nSPS) is 10.2. The van der Waals surface area contributed by atoms with E-state index in [0.717, 1.165) is 31.2 Å². The van der Waals surface area contributed by atoms with E-state index in [9.17, 15) is 4.79 Å². The molecule has 1 aromatic rings. The van der Waals surface area contributed by atoms with Gasteiger partial charge in [0.25, 0.3) is 0 Å². The minimum Gasteiger partial charge on any atom is -0.299 e. The number of allylic oxidation sites excluding steroid dienone is 1. The van der Waals surface area contributed by atoms with Crippen molar-refractivity contribution < 1.29 is 4.79 Å². The third-order valence-electron chi connectivity index (χ3n) is 2.85. The molecule has 1 rings (SSSR count). The Kier molecular flexibility index (Phi) is 6.31. The fourth-order valence-electron chi connectivity index (χ4n) is 1.93. The Bertz CT molecular complexity index is 366. The van der Waals surface area contributed by atoms with Crippen LogP contribution in [0, 0.1) is 6.92 Å². The molecule has 0 heterocycles. The van der Waals surface area contributed by atoms with Crippen LogP contribution < -0.4 is 0 Å². The van der Waals surface area contributed by atoms with Crippen molar-refractivity contribution >= 4 is 5.78 Å². The van der Waals surface area contributed by atoms with E-state index in [1.54, 1.807) is 0 Å². The third kappa shape index (κ3) is 6.06. The molecule has 0 atom stereocenters. The monoisotopic (exact) mass is 230 g/mol. The molecule has 0 fully saturated rings. The second kappa shape index (κ2) is 7.83. The van der Waals surface area contributed by atoms with Crippen LogP contribution >= 0.6 is 0 Å². The molecule has 0 aliphatic carbocycles. The maximum atomic E-state index is 11.7. The standard InChI is InChI=1S/C16H22O/c1-3-4-5-6-7-11-16(17)13-15-10-8-9-14(2)12-15/h3,8-10,12H,1,4-7,11,13H2,2H3. The van der Waals surface area contributed by atoms with Gasteiger partial charge in [0.2, 0.25) is 0 Å². The number of carbonyl (C=O) groups excluding carboxylic acids is 1. The topological polar surface area (TPSA) is 17.1 Å². The summed E-state index contributed by atoms with van der Waals surface area (Å²) in [6.45, 7) is 5.75. The van der Waals surface area contributed by atoms with Gasteiger partial charge in [-0.15, -0.1) is 6.58 Å². The van der Waals surface area contributed by atoms with Crippen LogP contribution in [0.5, 0.6) is 0 Å². The van der Waals surface area contributed by atoms with E-state index in [1.165, 1.54) is 5.56 Å². The van der Waals surface area contributed by atoms with Crippen molar-refractivity contribution in [2.75, 3.05) is 0 Å². The zero-order valence-corrected chi connectivity index (χ0v) is 10.7. The summed E-state index contributed by atoms with van der Waals surface area (Å²) in [5.41, 5.74) is 2.36. The highest BCUT2D eigenvalue weighted by Gasteiger charge is 2.03. The Morgan fingerprint density at radius 1 is 1.29 bits per heavy atom. The average molecular weight is 230 g/mol. The molecular weight excluding hydrogens is 208 g/mol. The summed E-state index contributed by atoms with van der Waals surface area (Å²) in [6.07, 6.45) is 7.60. The molecule has 0 aliphatic heterocycles. The lowest BCUT2D eigenvalue weighted by Crippen LogP contribution is -2.02. The molecule has 0 aliphatic rings. The number of aryl methyl sites for hydroxylation is 1. The van der Waals surface area contributed by atoms with Crippen LogP contribution in [0.1, 0.15) is 43.2 Å². The molecule has 1 aromatic carbocycles. The molecule has 0 aromatic heterocycles. The summed E-state index contributed by atoms with van der Waals surface area (Å²) in [4.78, 5) is 11.7. The van der Waals surface area contributed by atoms with Crippen LogP contribution in [0.25, 0.3) is 0 Å². The highest BCUT2D eigenvalue weighted by molar-refractivity contribution is 5.80. The van der Waals surface area contributed by atoms with E-state index < -0.39 is 0 Å². The van der Waals surface area contributed by atoms with Crippen LogP contribution in [0.3, 0.4) is 0 Å². The summed E-state index contributed by atoms with van der Waals surface area (Å²) in [7, 11) is 0. The number of hydrogen-bond donors (Lipinski definition) is 0. The van der Waals surface area contributed by atoms with Crippen LogP contribution in [0.2, 0.25) is 0 Å². The van der Waals surface area contributed by atoms with Crippen molar-refractivity contribution in [3.63, 3.8) is 0 Å². The maximum Gasteiger partial charge on any atom is 0.137 e. The van der Waals surface area contributed by atoms with Gasteiger partial charge in [-0.1, -0.05) is 42.3 Å². The van der Waals surface area contributed by atoms with Gasteiger partial charge < -0.3 is 0 Å². The van der Waals surface area contributed by atoms with Crippen LogP contribution in [0.4, 0.5) is 0 Å². The van der Waals surface area contributed by atoms with Gasteiger partial charge in [0, 0.05) is 12.8 Å². The number of ketones is 1. The number of carbonyl (C=O) groups is 1. The zero-order valence-electron chi connectivity index (χ0n) is 10.7. The van der Waals surface area contributed by atoms with E-state index >= 15 is 0 Å². The Labute approximate surface area is 105 Å². The first-order valence-electron chi connectivity index (χ1n) is 6.40. The maximum absolute atomic E-state index is 11.7. The van der Waals surface area contributed by atoms with Gasteiger partial charge in [-0.3, -0.25) is 4.79 Å². The molecular formula is C16H22O. The zero-order chi connectivity index (χ0) is 12.5. The first kappa shape index (κ1) is 13.7. The predicted octanol–water partition coefficient (Wildman–Crippen LogP) is 4.24. The number of Topliss-reactive ketones (excluding diaryl/α,β-unsaturated/α-hetero) is 1. The SMILES string of the molecule is C=CCCCCCC(=O)Cc1cccc(C)c1. The Hall–Kier alpha value is -1.37. The Morgan fingerprint density at radius 3 is 2.82 bits per heavy atom. The van der Waals surface area contributed by atoms with Gasteiger partial charge in [-0.2, -0.15) is 0 Å². The summed E-state index contributed by atoms with van der Waals surface area (Å²) in [6, 6.07) is 8.20. The molecule has 0 bridgehead atoms. The van der Waals surface area contributed by atoms with Crippen LogP contribution in [0.15, 0.2) is 36.9 Å². The average Bonchev–Trinajstić information content (AvgIpc) is 2.29. The highest BCUT2D eigenvalue weighted by atomic mass is 16.1. The van der Waals surface area contributed by atoms with Crippen LogP contribution in [-0.4, -0.2) is 5.78 Å². The molecule has 0 amide bonds.